The van der Waals surface area contributed by atoms with Gasteiger partial charge in [-0.15, -0.1) is 0 Å². The fourth-order valence-corrected chi connectivity index (χ4v) is 2.78. The number of hydrogen-bond acceptors (Lipinski definition) is 4. The molecule has 0 spiro atoms. The smallest absolute Gasteiger partial charge is 0.343 e. The minimum atomic E-state index is -1.16. The van der Waals surface area contributed by atoms with Gasteiger partial charge >= 0.3 is 5.97 Å². The Labute approximate surface area is 158 Å². The maximum atomic E-state index is 13.2. The van der Waals surface area contributed by atoms with Gasteiger partial charge in [-0.2, -0.15) is 5.10 Å². The molecule has 0 fully saturated rings. The summed E-state index contributed by atoms with van der Waals surface area (Å²) in [5.41, 5.74) is 0.903. The third kappa shape index (κ3) is 3.88. The van der Waals surface area contributed by atoms with Gasteiger partial charge in [-0.1, -0.05) is 29.8 Å². The van der Waals surface area contributed by atoms with Crippen molar-refractivity contribution in [2.75, 3.05) is 6.61 Å². The molecule has 0 unspecified atom stereocenters. The van der Waals surface area contributed by atoms with Crippen LogP contribution in [-0.2, 0) is 4.74 Å². The number of rotatable bonds is 5. The van der Waals surface area contributed by atoms with Crippen LogP contribution in [0.4, 0.5) is 8.78 Å². The van der Waals surface area contributed by atoms with E-state index in [-0.39, 0.29) is 16.3 Å². The van der Waals surface area contributed by atoms with Crippen LogP contribution in [0.5, 0.6) is 0 Å². The summed E-state index contributed by atoms with van der Waals surface area (Å²) >= 11 is 6.25. The molecule has 0 amide bonds. The van der Waals surface area contributed by atoms with Crippen molar-refractivity contribution in [1.82, 2.24) is 9.78 Å². The number of hydrogen-bond donors (Lipinski definition) is 0. The SMILES string of the molecule is Cc1nn(-c2ccccc2)c(Cl)c1C(=O)OCC(=O)c1ccc(F)c(F)c1. The van der Waals surface area contributed by atoms with Gasteiger partial charge in [0.15, 0.2) is 24.0 Å². The van der Waals surface area contributed by atoms with E-state index in [1.165, 1.54) is 4.68 Å². The highest BCUT2D eigenvalue weighted by atomic mass is 35.5. The van der Waals surface area contributed by atoms with Crippen molar-refractivity contribution in [3.05, 3.63) is 82.1 Å². The highest BCUT2D eigenvalue weighted by Crippen LogP contribution is 2.24. The molecule has 3 rings (SSSR count). The second-order valence-corrected chi connectivity index (χ2v) is 5.98. The molecule has 5 nitrogen and oxygen atoms in total. The molecule has 27 heavy (non-hydrogen) atoms. The van der Waals surface area contributed by atoms with E-state index < -0.39 is 30.0 Å². The van der Waals surface area contributed by atoms with Crippen LogP contribution >= 0.6 is 11.6 Å². The molecule has 0 N–H and O–H groups in total. The van der Waals surface area contributed by atoms with E-state index in [2.05, 4.69) is 5.10 Å². The lowest BCUT2D eigenvalue weighted by molar-refractivity contribution is 0.0474. The Bertz CT molecular complexity index is 1020. The predicted molar refractivity (Wildman–Crippen MR) is 94.3 cm³/mol. The van der Waals surface area contributed by atoms with Gasteiger partial charge in [0.25, 0.3) is 0 Å². The molecule has 1 aromatic heterocycles. The molecular formula is C19H13ClF2N2O3. The summed E-state index contributed by atoms with van der Waals surface area (Å²) in [4.78, 5) is 24.4. The number of ketones is 1. The third-order valence-electron chi connectivity index (χ3n) is 3.78. The molecule has 0 bridgehead atoms. The highest BCUT2D eigenvalue weighted by molar-refractivity contribution is 6.33. The number of aromatic nitrogens is 2. The van der Waals surface area contributed by atoms with E-state index in [0.29, 0.717) is 11.4 Å². The largest absolute Gasteiger partial charge is 0.454 e. The fourth-order valence-electron chi connectivity index (χ4n) is 2.43. The zero-order valence-corrected chi connectivity index (χ0v) is 14.8. The molecule has 0 atom stereocenters. The van der Waals surface area contributed by atoms with Gasteiger partial charge in [0, 0.05) is 5.56 Å². The minimum Gasteiger partial charge on any atom is -0.454 e. The summed E-state index contributed by atoms with van der Waals surface area (Å²) in [6.07, 6.45) is 0. The van der Waals surface area contributed by atoms with Gasteiger partial charge in [0.2, 0.25) is 0 Å². The Morgan fingerprint density at radius 1 is 1.11 bits per heavy atom. The van der Waals surface area contributed by atoms with Crippen LogP contribution in [0.2, 0.25) is 5.15 Å². The van der Waals surface area contributed by atoms with Crippen molar-refractivity contribution in [3.8, 4) is 5.69 Å². The van der Waals surface area contributed by atoms with Gasteiger partial charge in [-0.25, -0.2) is 18.3 Å². The summed E-state index contributed by atoms with van der Waals surface area (Å²) in [6, 6.07) is 11.6. The lowest BCUT2D eigenvalue weighted by Crippen LogP contribution is -2.15. The van der Waals surface area contributed by atoms with Crippen molar-refractivity contribution >= 4 is 23.4 Å². The number of esters is 1. The molecule has 0 saturated heterocycles. The molecule has 3 aromatic rings. The van der Waals surface area contributed by atoms with E-state index in [0.717, 1.165) is 18.2 Å². The number of benzene rings is 2. The number of ether oxygens (including phenoxy) is 1. The minimum absolute atomic E-state index is 0.0265. The number of carbonyl (C=O) groups excluding carboxylic acids is 2. The number of para-hydroxylation sites is 1. The standard InChI is InChI=1S/C19H13ClF2N2O3/c1-11-17(18(20)24(23-11)13-5-3-2-4-6-13)19(26)27-10-16(25)12-7-8-14(21)15(22)9-12/h2-9H,10H2,1H3. The zero-order chi connectivity index (χ0) is 19.6. The molecule has 8 heteroatoms. The van der Waals surface area contributed by atoms with E-state index in [1.807, 2.05) is 6.07 Å². The topological polar surface area (TPSA) is 61.2 Å². The Morgan fingerprint density at radius 2 is 1.81 bits per heavy atom. The van der Waals surface area contributed by atoms with Crippen molar-refractivity contribution < 1.29 is 23.1 Å². The Kier molecular flexibility index (Phi) is 5.32. The van der Waals surface area contributed by atoms with Crippen molar-refractivity contribution in [3.63, 3.8) is 0 Å². The van der Waals surface area contributed by atoms with E-state index in [1.54, 1.807) is 31.2 Å². The first-order valence-corrected chi connectivity index (χ1v) is 8.22. The van der Waals surface area contributed by atoms with Gasteiger partial charge in [0.05, 0.1) is 11.4 Å². The number of Topliss-reactive ketones (excluding diaryl/α,β-unsaturated/α-hetero) is 1. The fraction of sp³-hybridized carbons (Fsp3) is 0.105. The third-order valence-corrected chi connectivity index (χ3v) is 4.13. The van der Waals surface area contributed by atoms with Gasteiger partial charge < -0.3 is 4.74 Å². The second kappa shape index (κ2) is 7.67. The quantitative estimate of drug-likeness (QED) is 0.485. The Morgan fingerprint density at radius 3 is 2.48 bits per heavy atom. The van der Waals surface area contributed by atoms with Crippen molar-refractivity contribution in [2.24, 2.45) is 0 Å². The van der Waals surface area contributed by atoms with Crippen molar-refractivity contribution in [2.45, 2.75) is 6.92 Å². The first-order chi connectivity index (χ1) is 12.9. The van der Waals surface area contributed by atoms with Crippen LogP contribution in [0.15, 0.2) is 48.5 Å². The summed E-state index contributed by atoms with van der Waals surface area (Å²) in [5, 5.41) is 4.26. The lowest BCUT2D eigenvalue weighted by Gasteiger charge is -2.05. The average Bonchev–Trinajstić information content (AvgIpc) is 2.96. The van der Waals surface area contributed by atoms with Gasteiger partial charge in [-0.3, -0.25) is 4.79 Å². The normalized spacial score (nSPS) is 10.7. The van der Waals surface area contributed by atoms with Crippen LogP contribution in [0.3, 0.4) is 0 Å². The first kappa shape index (κ1) is 18.7. The lowest BCUT2D eigenvalue weighted by atomic mass is 10.1. The van der Waals surface area contributed by atoms with Crippen LogP contribution in [0, 0.1) is 18.6 Å². The predicted octanol–water partition coefficient (Wildman–Crippen LogP) is 4.15. The molecule has 0 radical (unpaired) electrons. The summed E-state index contributed by atoms with van der Waals surface area (Å²) < 4.78 is 32.5. The summed E-state index contributed by atoms with van der Waals surface area (Å²) in [7, 11) is 0. The Hall–Kier alpha value is -3.06. The molecule has 1 heterocycles. The maximum Gasteiger partial charge on any atom is 0.343 e. The van der Waals surface area contributed by atoms with E-state index >= 15 is 0 Å². The van der Waals surface area contributed by atoms with Crippen LogP contribution < -0.4 is 0 Å². The molecular weight excluding hydrogens is 378 g/mol. The average molecular weight is 391 g/mol. The number of aryl methyl sites for hydroxylation is 1. The molecule has 2 aromatic carbocycles. The number of carbonyl (C=O) groups is 2. The molecule has 0 aliphatic heterocycles. The molecule has 0 aliphatic rings. The van der Waals surface area contributed by atoms with Crippen molar-refractivity contribution in [1.29, 1.82) is 0 Å². The molecule has 138 valence electrons. The first-order valence-electron chi connectivity index (χ1n) is 7.84. The number of halogens is 3. The van der Waals surface area contributed by atoms with E-state index in [9.17, 15) is 18.4 Å². The molecule has 0 saturated carbocycles. The second-order valence-electron chi connectivity index (χ2n) is 5.63. The highest BCUT2D eigenvalue weighted by Gasteiger charge is 2.23. The Balaban J connectivity index is 1.76. The summed E-state index contributed by atoms with van der Waals surface area (Å²) in [6.45, 7) is 0.940. The number of nitrogens with zero attached hydrogens (tertiary/aromatic N) is 2. The summed E-state index contributed by atoms with van der Waals surface area (Å²) in [5.74, 6) is -3.74. The zero-order valence-electron chi connectivity index (χ0n) is 14.1. The van der Waals surface area contributed by atoms with E-state index in [4.69, 9.17) is 16.3 Å². The van der Waals surface area contributed by atoms with Crippen LogP contribution in [-0.4, -0.2) is 28.1 Å². The molecule has 0 aliphatic carbocycles. The van der Waals surface area contributed by atoms with Crippen LogP contribution in [0.1, 0.15) is 26.4 Å². The monoisotopic (exact) mass is 390 g/mol. The maximum absolute atomic E-state index is 13.2. The van der Waals surface area contributed by atoms with Gasteiger partial charge in [-0.05, 0) is 37.3 Å². The van der Waals surface area contributed by atoms with Crippen LogP contribution in [0.25, 0.3) is 5.69 Å². The van der Waals surface area contributed by atoms with Gasteiger partial charge in [0.1, 0.15) is 10.7 Å².